The maximum Gasteiger partial charge on any atom is 0.247 e. The van der Waals surface area contributed by atoms with Crippen LogP contribution in [0.4, 0.5) is 8.78 Å². The van der Waals surface area contributed by atoms with E-state index in [9.17, 15) is 13.6 Å². The number of hydrogen-bond acceptors (Lipinski definition) is 3. The van der Waals surface area contributed by atoms with E-state index >= 15 is 0 Å². The van der Waals surface area contributed by atoms with Gasteiger partial charge in [0.05, 0.1) is 13.2 Å². The van der Waals surface area contributed by atoms with Gasteiger partial charge in [0.25, 0.3) is 0 Å². The lowest BCUT2D eigenvalue weighted by Gasteiger charge is -2.37. The average Bonchev–Trinajstić information content (AvgIpc) is 2.64. The van der Waals surface area contributed by atoms with Gasteiger partial charge in [-0.15, -0.1) is 12.4 Å². The quantitative estimate of drug-likeness (QED) is 0.887. The van der Waals surface area contributed by atoms with Crippen LogP contribution >= 0.6 is 12.4 Å². The Morgan fingerprint density at radius 3 is 2.54 bits per heavy atom. The summed E-state index contributed by atoms with van der Waals surface area (Å²) in [5.74, 6) is -2.07. The van der Waals surface area contributed by atoms with E-state index in [1.807, 2.05) is 30.3 Å². The molecule has 1 aliphatic heterocycles. The third-order valence-corrected chi connectivity index (χ3v) is 4.49. The van der Waals surface area contributed by atoms with Crippen molar-refractivity contribution < 1.29 is 18.3 Å². The summed E-state index contributed by atoms with van der Waals surface area (Å²) in [6.07, 6.45) is -0.514. The molecule has 2 unspecified atom stereocenters. The molecular weight excluding hydrogens is 362 g/mol. The highest BCUT2D eigenvalue weighted by atomic mass is 35.5. The molecule has 2 atom stereocenters. The number of hydrogen-bond donors (Lipinski definition) is 1. The molecule has 1 saturated heterocycles. The second-order valence-electron chi connectivity index (χ2n) is 6.35. The van der Waals surface area contributed by atoms with E-state index in [1.165, 1.54) is 6.07 Å². The zero-order chi connectivity index (χ0) is 18.0. The second kappa shape index (κ2) is 8.12. The monoisotopic (exact) mass is 382 g/mol. The summed E-state index contributed by atoms with van der Waals surface area (Å²) >= 11 is 0. The minimum atomic E-state index is -1.17. The van der Waals surface area contributed by atoms with E-state index in [2.05, 4.69) is 0 Å². The van der Waals surface area contributed by atoms with Crippen LogP contribution in [-0.2, 0) is 15.1 Å². The van der Waals surface area contributed by atoms with Gasteiger partial charge in [0.1, 0.15) is 11.6 Å². The highest BCUT2D eigenvalue weighted by Gasteiger charge is 2.37. The van der Waals surface area contributed by atoms with E-state index in [1.54, 1.807) is 11.8 Å². The first-order valence-electron chi connectivity index (χ1n) is 8.10. The summed E-state index contributed by atoms with van der Waals surface area (Å²) in [6, 6.07) is 12.8. The fourth-order valence-electron chi connectivity index (χ4n) is 2.98. The molecule has 4 nitrogen and oxygen atoms in total. The van der Waals surface area contributed by atoms with Gasteiger partial charge in [-0.25, -0.2) is 8.78 Å². The standard InChI is InChI=1S/C19H20F2N2O2.ClH/c1-19(22,14-5-3-2-4-6-14)18(24)23-9-10-25-17(12-23)13-7-8-15(20)16(21)11-13;/h2-8,11,17H,9-10,12,22H2,1H3;1H. The van der Waals surface area contributed by atoms with Crippen LogP contribution in [-0.4, -0.2) is 30.5 Å². The number of carbonyl (C=O) groups is 1. The molecule has 2 N–H and O–H groups in total. The maximum absolute atomic E-state index is 13.5. The van der Waals surface area contributed by atoms with Gasteiger partial charge < -0.3 is 15.4 Å². The minimum Gasteiger partial charge on any atom is -0.370 e. The molecule has 0 saturated carbocycles. The fraction of sp³-hybridized carbons (Fsp3) is 0.316. The molecule has 1 heterocycles. The maximum atomic E-state index is 13.5. The summed E-state index contributed by atoms with van der Waals surface area (Å²) in [5, 5.41) is 0. The molecule has 1 amide bonds. The van der Waals surface area contributed by atoms with Crippen LogP contribution in [0.25, 0.3) is 0 Å². The van der Waals surface area contributed by atoms with Gasteiger partial charge in [0.2, 0.25) is 5.91 Å². The largest absolute Gasteiger partial charge is 0.370 e. The van der Waals surface area contributed by atoms with E-state index in [4.69, 9.17) is 10.5 Å². The number of nitrogens with zero attached hydrogens (tertiary/aromatic N) is 1. The summed E-state index contributed by atoms with van der Waals surface area (Å²) in [7, 11) is 0. The van der Waals surface area contributed by atoms with Crippen LogP contribution in [0.2, 0.25) is 0 Å². The molecule has 2 aromatic rings. The molecule has 26 heavy (non-hydrogen) atoms. The Morgan fingerprint density at radius 2 is 1.88 bits per heavy atom. The third-order valence-electron chi connectivity index (χ3n) is 4.49. The van der Waals surface area contributed by atoms with Crippen LogP contribution in [0.15, 0.2) is 48.5 Å². The Hall–Kier alpha value is -2.02. The molecule has 2 aromatic carbocycles. The van der Waals surface area contributed by atoms with Crippen molar-refractivity contribution in [2.45, 2.75) is 18.6 Å². The van der Waals surface area contributed by atoms with Crippen molar-refractivity contribution in [1.82, 2.24) is 4.90 Å². The zero-order valence-electron chi connectivity index (χ0n) is 14.3. The van der Waals surface area contributed by atoms with Crippen molar-refractivity contribution in [2.24, 2.45) is 5.73 Å². The summed E-state index contributed by atoms with van der Waals surface area (Å²) < 4.78 is 32.2. The van der Waals surface area contributed by atoms with Gasteiger partial charge in [-0.2, -0.15) is 0 Å². The van der Waals surface area contributed by atoms with Gasteiger partial charge in [0, 0.05) is 6.54 Å². The predicted molar refractivity (Wildman–Crippen MR) is 96.9 cm³/mol. The molecule has 7 heteroatoms. The predicted octanol–water partition coefficient (Wildman–Crippen LogP) is 3.16. The van der Waals surface area contributed by atoms with Crippen molar-refractivity contribution in [3.05, 3.63) is 71.3 Å². The van der Waals surface area contributed by atoms with Crippen LogP contribution in [0.1, 0.15) is 24.2 Å². The van der Waals surface area contributed by atoms with Crippen LogP contribution in [0.3, 0.4) is 0 Å². The number of carbonyl (C=O) groups excluding carboxylic acids is 1. The van der Waals surface area contributed by atoms with Crippen molar-refractivity contribution in [3.8, 4) is 0 Å². The van der Waals surface area contributed by atoms with Crippen molar-refractivity contribution in [1.29, 1.82) is 0 Å². The molecule has 0 bridgehead atoms. The molecule has 3 rings (SSSR count). The fourth-order valence-corrected chi connectivity index (χ4v) is 2.98. The molecule has 0 radical (unpaired) electrons. The van der Waals surface area contributed by atoms with Crippen LogP contribution in [0.5, 0.6) is 0 Å². The first kappa shape index (κ1) is 20.3. The molecule has 140 valence electrons. The Kier molecular flexibility index (Phi) is 6.34. The van der Waals surface area contributed by atoms with Crippen molar-refractivity contribution >= 4 is 18.3 Å². The zero-order valence-corrected chi connectivity index (χ0v) is 15.1. The van der Waals surface area contributed by atoms with Crippen LogP contribution < -0.4 is 5.73 Å². The van der Waals surface area contributed by atoms with E-state index < -0.39 is 23.3 Å². The summed E-state index contributed by atoms with van der Waals surface area (Å²) in [5.41, 5.74) is 6.34. The summed E-state index contributed by atoms with van der Waals surface area (Å²) in [4.78, 5) is 14.5. The Labute approximate surface area is 157 Å². The third kappa shape index (κ3) is 4.03. The Bertz CT molecular complexity index is 771. The topological polar surface area (TPSA) is 55.6 Å². The Morgan fingerprint density at radius 1 is 1.19 bits per heavy atom. The lowest BCUT2D eigenvalue weighted by molar-refractivity contribution is -0.144. The smallest absolute Gasteiger partial charge is 0.247 e. The molecular formula is C19H21ClF2N2O2. The number of halogens is 3. The number of ether oxygens (including phenoxy) is 1. The molecule has 0 aliphatic carbocycles. The lowest BCUT2D eigenvalue weighted by atomic mass is 9.91. The lowest BCUT2D eigenvalue weighted by Crippen LogP contribution is -2.54. The van der Waals surface area contributed by atoms with E-state index in [-0.39, 0.29) is 24.9 Å². The number of morpholine rings is 1. The highest BCUT2D eigenvalue weighted by molar-refractivity contribution is 5.87. The van der Waals surface area contributed by atoms with E-state index in [0.29, 0.717) is 18.7 Å². The molecule has 1 aliphatic rings. The first-order valence-corrected chi connectivity index (χ1v) is 8.10. The first-order chi connectivity index (χ1) is 11.9. The minimum absolute atomic E-state index is 0. The molecule has 0 spiro atoms. The summed E-state index contributed by atoms with van der Waals surface area (Å²) in [6.45, 7) is 2.62. The van der Waals surface area contributed by atoms with Gasteiger partial charge in [-0.05, 0) is 30.2 Å². The van der Waals surface area contributed by atoms with Gasteiger partial charge in [-0.3, -0.25) is 4.79 Å². The van der Waals surface area contributed by atoms with Crippen LogP contribution in [0, 0.1) is 11.6 Å². The SMILES string of the molecule is CC(N)(C(=O)N1CCOC(c2ccc(F)c(F)c2)C1)c1ccccc1.Cl. The molecule has 0 aromatic heterocycles. The number of nitrogens with two attached hydrogens (primary N) is 1. The van der Waals surface area contributed by atoms with Crippen molar-refractivity contribution in [2.75, 3.05) is 19.7 Å². The van der Waals surface area contributed by atoms with Gasteiger partial charge >= 0.3 is 0 Å². The molecule has 1 fully saturated rings. The Balaban J connectivity index is 0.00000243. The average molecular weight is 383 g/mol. The number of rotatable bonds is 3. The van der Waals surface area contributed by atoms with Gasteiger partial charge in [-0.1, -0.05) is 36.4 Å². The number of benzene rings is 2. The normalized spacial score (nSPS) is 19.4. The van der Waals surface area contributed by atoms with Crippen molar-refractivity contribution in [3.63, 3.8) is 0 Å². The number of amides is 1. The highest BCUT2D eigenvalue weighted by Crippen LogP contribution is 2.27. The van der Waals surface area contributed by atoms with Gasteiger partial charge in [0.15, 0.2) is 11.6 Å². The second-order valence-corrected chi connectivity index (χ2v) is 6.35. The van der Waals surface area contributed by atoms with E-state index in [0.717, 1.165) is 17.7 Å².